The minimum Gasteiger partial charge on any atom is -0.379 e. The molecule has 1 aromatic rings. The number of hydrogen-bond acceptors (Lipinski definition) is 1. The molecule has 5 heteroatoms. The number of nitrogens with one attached hydrogen (secondary N) is 1. The third-order valence-electron chi connectivity index (χ3n) is 2.72. The molecule has 16 heavy (non-hydrogen) atoms. The molecule has 1 aromatic carbocycles. The minimum absolute atomic E-state index is 0.159. The Morgan fingerprint density at radius 3 is 2.44 bits per heavy atom. The zero-order valence-corrected chi connectivity index (χ0v) is 10.2. The summed E-state index contributed by atoms with van der Waals surface area (Å²) in [7, 11) is 0. The van der Waals surface area contributed by atoms with Crippen LogP contribution in [0.15, 0.2) is 22.7 Å². The van der Waals surface area contributed by atoms with Crippen LogP contribution in [-0.4, -0.2) is 5.54 Å². The molecule has 1 N–H and O–H groups in total. The molecule has 0 aromatic heterocycles. The van der Waals surface area contributed by atoms with Gasteiger partial charge in [0.25, 0.3) is 0 Å². The lowest BCUT2D eigenvalue weighted by Gasteiger charge is -2.18. The van der Waals surface area contributed by atoms with Gasteiger partial charge in [-0.2, -0.15) is 13.2 Å². The fraction of sp³-hybridized carbons (Fsp3) is 0.455. The molecule has 0 heterocycles. The van der Waals surface area contributed by atoms with Gasteiger partial charge in [0.1, 0.15) is 0 Å². The van der Waals surface area contributed by atoms with Crippen LogP contribution in [0, 0.1) is 0 Å². The van der Waals surface area contributed by atoms with Gasteiger partial charge in [0.05, 0.1) is 5.56 Å². The van der Waals surface area contributed by atoms with Gasteiger partial charge in [-0.25, -0.2) is 0 Å². The van der Waals surface area contributed by atoms with Crippen LogP contribution in [0.1, 0.15) is 25.3 Å². The summed E-state index contributed by atoms with van der Waals surface area (Å²) < 4.78 is 38.7. The van der Waals surface area contributed by atoms with Crippen molar-refractivity contribution in [1.82, 2.24) is 0 Å². The summed E-state index contributed by atoms with van der Waals surface area (Å²) in [5.41, 5.74) is -0.612. The predicted octanol–water partition coefficient (Wildman–Crippen LogP) is 4.43. The third-order valence-corrected chi connectivity index (χ3v) is 3.22. The molecule has 1 aliphatic rings. The largest absolute Gasteiger partial charge is 0.418 e. The quantitative estimate of drug-likeness (QED) is 0.850. The van der Waals surface area contributed by atoms with Crippen LogP contribution in [0.3, 0.4) is 0 Å². The Kier molecular flexibility index (Phi) is 2.69. The first-order chi connectivity index (χ1) is 7.30. The second kappa shape index (κ2) is 3.65. The Hall–Kier alpha value is -0.710. The van der Waals surface area contributed by atoms with Crippen molar-refractivity contribution in [3.05, 3.63) is 28.2 Å². The Bertz CT molecular complexity index is 410. The van der Waals surface area contributed by atoms with Gasteiger partial charge in [-0.1, -0.05) is 15.9 Å². The maximum absolute atomic E-state index is 12.8. The predicted molar refractivity (Wildman–Crippen MR) is 60.4 cm³/mol. The highest BCUT2D eigenvalue weighted by Crippen LogP contribution is 2.42. The molecule has 88 valence electrons. The van der Waals surface area contributed by atoms with Gasteiger partial charge in [0, 0.05) is 15.7 Å². The number of rotatable bonds is 2. The van der Waals surface area contributed by atoms with Crippen LogP contribution in [0.4, 0.5) is 18.9 Å². The standard InChI is InChI=1S/C11H11BrF3N/c1-10(4-5-10)16-9-3-2-7(12)6-8(9)11(13,14)15/h2-3,6,16H,4-5H2,1H3. The summed E-state index contributed by atoms with van der Waals surface area (Å²) in [6.45, 7) is 1.93. The van der Waals surface area contributed by atoms with E-state index in [1.165, 1.54) is 6.07 Å². The van der Waals surface area contributed by atoms with E-state index in [1.807, 2.05) is 6.92 Å². The van der Waals surface area contributed by atoms with Crippen LogP contribution in [0.2, 0.25) is 0 Å². The molecular weight excluding hydrogens is 283 g/mol. The van der Waals surface area contributed by atoms with E-state index >= 15 is 0 Å². The summed E-state index contributed by atoms with van der Waals surface area (Å²) in [6.07, 6.45) is -2.49. The van der Waals surface area contributed by atoms with Gasteiger partial charge < -0.3 is 5.32 Å². The molecule has 2 rings (SSSR count). The van der Waals surface area contributed by atoms with Crippen molar-refractivity contribution in [3.8, 4) is 0 Å². The maximum Gasteiger partial charge on any atom is 0.418 e. The summed E-state index contributed by atoms with van der Waals surface area (Å²) in [6, 6.07) is 4.19. The Labute approximate surface area is 100 Å². The molecule has 1 saturated carbocycles. The van der Waals surface area contributed by atoms with Crippen molar-refractivity contribution in [1.29, 1.82) is 0 Å². The first-order valence-corrected chi connectivity index (χ1v) is 5.74. The van der Waals surface area contributed by atoms with Crippen molar-refractivity contribution in [2.24, 2.45) is 0 Å². The summed E-state index contributed by atoms with van der Waals surface area (Å²) in [5, 5.41) is 2.95. The molecule has 1 fully saturated rings. The van der Waals surface area contributed by atoms with E-state index in [4.69, 9.17) is 0 Å². The molecule has 0 saturated heterocycles. The lowest BCUT2D eigenvalue weighted by Crippen LogP contribution is -2.19. The minimum atomic E-state index is -4.32. The number of anilines is 1. The zero-order chi connectivity index (χ0) is 12.0. The lowest BCUT2D eigenvalue weighted by molar-refractivity contribution is -0.137. The lowest BCUT2D eigenvalue weighted by atomic mass is 10.1. The van der Waals surface area contributed by atoms with E-state index < -0.39 is 11.7 Å². The van der Waals surface area contributed by atoms with E-state index in [2.05, 4.69) is 21.2 Å². The van der Waals surface area contributed by atoms with E-state index in [1.54, 1.807) is 6.07 Å². The number of alkyl halides is 3. The van der Waals surface area contributed by atoms with Gasteiger partial charge in [0.2, 0.25) is 0 Å². The van der Waals surface area contributed by atoms with Crippen LogP contribution in [0.5, 0.6) is 0 Å². The van der Waals surface area contributed by atoms with Gasteiger partial charge in [0.15, 0.2) is 0 Å². The highest BCUT2D eigenvalue weighted by atomic mass is 79.9. The van der Waals surface area contributed by atoms with Gasteiger partial charge in [-0.05, 0) is 38.0 Å². The topological polar surface area (TPSA) is 12.0 Å². The smallest absolute Gasteiger partial charge is 0.379 e. The van der Waals surface area contributed by atoms with Crippen molar-refractivity contribution < 1.29 is 13.2 Å². The molecule has 0 amide bonds. The first kappa shape index (κ1) is 11.8. The Morgan fingerprint density at radius 1 is 1.31 bits per heavy atom. The zero-order valence-electron chi connectivity index (χ0n) is 8.66. The first-order valence-electron chi connectivity index (χ1n) is 4.95. The molecule has 0 atom stereocenters. The van der Waals surface area contributed by atoms with Crippen molar-refractivity contribution in [2.45, 2.75) is 31.5 Å². The highest BCUT2D eigenvalue weighted by Gasteiger charge is 2.40. The Morgan fingerprint density at radius 2 is 1.94 bits per heavy atom. The van der Waals surface area contributed by atoms with Crippen molar-refractivity contribution in [2.75, 3.05) is 5.32 Å². The second-order valence-electron chi connectivity index (χ2n) is 4.37. The van der Waals surface area contributed by atoms with Crippen LogP contribution >= 0.6 is 15.9 Å². The van der Waals surface area contributed by atoms with Crippen molar-refractivity contribution in [3.63, 3.8) is 0 Å². The molecule has 0 aliphatic heterocycles. The van der Waals surface area contributed by atoms with Crippen LogP contribution < -0.4 is 5.32 Å². The number of hydrogen-bond donors (Lipinski definition) is 1. The number of halogens is 4. The van der Waals surface area contributed by atoms with Crippen LogP contribution in [0.25, 0.3) is 0 Å². The van der Waals surface area contributed by atoms with Gasteiger partial charge in [-0.3, -0.25) is 0 Å². The molecule has 0 radical (unpaired) electrons. The molecule has 1 aliphatic carbocycles. The summed E-state index contributed by atoms with van der Waals surface area (Å²) >= 11 is 3.06. The summed E-state index contributed by atoms with van der Waals surface area (Å²) in [4.78, 5) is 0. The van der Waals surface area contributed by atoms with Crippen molar-refractivity contribution >= 4 is 21.6 Å². The normalized spacial score (nSPS) is 18.3. The molecule has 0 unspecified atom stereocenters. The maximum atomic E-state index is 12.8. The number of benzene rings is 1. The Balaban J connectivity index is 2.36. The SMILES string of the molecule is CC1(Nc2ccc(Br)cc2C(F)(F)F)CC1. The van der Waals surface area contributed by atoms with E-state index in [-0.39, 0.29) is 11.2 Å². The summed E-state index contributed by atoms with van der Waals surface area (Å²) in [5.74, 6) is 0. The van der Waals surface area contributed by atoms with Gasteiger partial charge in [-0.15, -0.1) is 0 Å². The van der Waals surface area contributed by atoms with E-state index in [0.29, 0.717) is 4.47 Å². The van der Waals surface area contributed by atoms with E-state index in [0.717, 1.165) is 18.9 Å². The fourth-order valence-electron chi connectivity index (χ4n) is 1.50. The van der Waals surface area contributed by atoms with Gasteiger partial charge >= 0.3 is 6.18 Å². The second-order valence-corrected chi connectivity index (χ2v) is 5.29. The average Bonchev–Trinajstić information content (AvgIpc) is 2.85. The molecule has 0 bridgehead atoms. The third kappa shape index (κ3) is 2.51. The molecule has 0 spiro atoms. The van der Waals surface area contributed by atoms with E-state index in [9.17, 15) is 13.2 Å². The average molecular weight is 294 g/mol. The van der Waals surface area contributed by atoms with Crippen LogP contribution in [-0.2, 0) is 6.18 Å². The molecule has 1 nitrogen and oxygen atoms in total. The fourth-order valence-corrected chi connectivity index (χ4v) is 1.86. The highest BCUT2D eigenvalue weighted by molar-refractivity contribution is 9.10. The monoisotopic (exact) mass is 293 g/mol. The molecular formula is C11H11BrF3N.